The predicted octanol–water partition coefficient (Wildman–Crippen LogP) is 4.41. The number of aliphatic carboxylic acids is 1. The number of nitrogens with zero attached hydrogens (tertiary/aromatic N) is 2. The lowest BCUT2D eigenvalue weighted by atomic mass is 10.1. The Morgan fingerprint density at radius 2 is 1.94 bits per heavy atom. The molecule has 0 radical (unpaired) electrons. The van der Waals surface area contributed by atoms with Crippen LogP contribution >= 0.6 is 11.3 Å². The lowest BCUT2D eigenvalue weighted by Gasteiger charge is -2.18. The maximum atomic E-state index is 12.8. The molecule has 0 spiro atoms. The van der Waals surface area contributed by atoms with Crippen LogP contribution in [0.2, 0.25) is 0 Å². The minimum absolute atomic E-state index is 0.0539. The van der Waals surface area contributed by atoms with Crippen molar-refractivity contribution in [3.63, 3.8) is 0 Å². The summed E-state index contributed by atoms with van der Waals surface area (Å²) in [5.41, 5.74) is 0.878. The van der Waals surface area contributed by atoms with Crippen LogP contribution in [0.25, 0.3) is 0 Å². The minimum Gasteiger partial charge on any atom is -0.480 e. The van der Waals surface area contributed by atoms with Crippen LogP contribution in [0.1, 0.15) is 62.0 Å². The van der Waals surface area contributed by atoms with Crippen LogP contribution in [0.15, 0.2) is 18.2 Å². The highest BCUT2D eigenvalue weighted by Crippen LogP contribution is 2.31. The standard InChI is InChI=1S/C21H27N5O6S/c1-4-5-6-7-8-16(20(29)30)24-14-9-10-15(17(11-14)23-13(3)27)18(28)25-21-22-12(2)19(33-21)26(31)32/h9-11,16,24H,4-8H2,1-3H3,(H,23,27)(H,29,30)(H,22,25,28). The first-order valence-corrected chi connectivity index (χ1v) is 11.3. The van der Waals surface area contributed by atoms with Crippen molar-refractivity contribution >= 4 is 50.6 Å². The van der Waals surface area contributed by atoms with Crippen molar-refractivity contribution < 1.29 is 24.4 Å². The summed E-state index contributed by atoms with van der Waals surface area (Å²) in [5, 5.41) is 28.4. The van der Waals surface area contributed by atoms with Gasteiger partial charge in [-0.25, -0.2) is 9.78 Å². The van der Waals surface area contributed by atoms with Gasteiger partial charge >= 0.3 is 11.0 Å². The molecule has 33 heavy (non-hydrogen) atoms. The van der Waals surface area contributed by atoms with Gasteiger partial charge in [-0.05, 0) is 42.9 Å². The number of hydrogen-bond acceptors (Lipinski definition) is 8. The molecule has 4 N–H and O–H groups in total. The number of anilines is 3. The van der Waals surface area contributed by atoms with E-state index in [9.17, 15) is 29.6 Å². The van der Waals surface area contributed by atoms with E-state index in [1.165, 1.54) is 32.0 Å². The third-order valence-electron chi connectivity index (χ3n) is 4.72. The van der Waals surface area contributed by atoms with Crippen LogP contribution in [-0.4, -0.2) is 38.8 Å². The molecule has 1 aromatic heterocycles. The number of aryl methyl sites for hydroxylation is 1. The van der Waals surface area contributed by atoms with Crippen LogP contribution in [0.4, 0.5) is 21.5 Å². The highest BCUT2D eigenvalue weighted by molar-refractivity contribution is 7.19. The van der Waals surface area contributed by atoms with Gasteiger partial charge in [-0.3, -0.25) is 25.0 Å². The van der Waals surface area contributed by atoms with Gasteiger partial charge in [0.15, 0.2) is 5.13 Å². The highest BCUT2D eigenvalue weighted by atomic mass is 32.1. The lowest BCUT2D eigenvalue weighted by molar-refractivity contribution is -0.380. The smallest absolute Gasteiger partial charge is 0.348 e. The molecule has 1 heterocycles. The third-order valence-corrected chi connectivity index (χ3v) is 5.74. The van der Waals surface area contributed by atoms with E-state index in [0.717, 1.165) is 37.0 Å². The summed E-state index contributed by atoms with van der Waals surface area (Å²) in [6.07, 6.45) is 4.21. The number of carbonyl (C=O) groups is 3. The van der Waals surface area contributed by atoms with Gasteiger partial charge in [-0.15, -0.1) is 0 Å². The number of hydrogen-bond donors (Lipinski definition) is 4. The Balaban J connectivity index is 2.22. The molecule has 0 saturated carbocycles. The fraction of sp³-hybridized carbons (Fsp3) is 0.429. The quantitative estimate of drug-likeness (QED) is 0.198. The van der Waals surface area contributed by atoms with E-state index in [-0.39, 0.29) is 27.1 Å². The van der Waals surface area contributed by atoms with E-state index in [1.807, 2.05) is 0 Å². The topological polar surface area (TPSA) is 164 Å². The highest BCUT2D eigenvalue weighted by Gasteiger charge is 2.22. The number of amides is 2. The second-order valence-electron chi connectivity index (χ2n) is 7.45. The molecule has 178 valence electrons. The average Bonchev–Trinajstić information content (AvgIpc) is 3.10. The molecule has 2 aromatic rings. The molecule has 2 rings (SSSR count). The van der Waals surface area contributed by atoms with E-state index >= 15 is 0 Å². The molecular formula is C21H27N5O6S. The number of nitrogens with one attached hydrogen (secondary N) is 3. The van der Waals surface area contributed by atoms with Crippen LogP contribution in [0.3, 0.4) is 0 Å². The van der Waals surface area contributed by atoms with Crippen molar-refractivity contribution in [1.29, 1.82) is 0 Å². The molecule has 2 amide bonds. The largest absolute Gasteiger partial charge is 0.480 e. The first-order chi connectivity index (χ1) is 15.6. The van der Waals surface area contributed by atoms with Gasteiger partial charge in [0.25, 0.3) is 5.91 Å². The van der Waals surface area contributed by atoms with Crippen molar-refractivity contribution in [3.8, 4) is 0 Å². The Hall–Kier alpha value is -3.54. The zero-order chi connectivity index (χ0) is 24.5. The van der Waals surface area contributed by atoms with Crippen molar-refractivity contribution in [2.24, 2.45) is 0 Å². The molecule has 0 saturated heterocycles. The Morgan fingerprint density at radius 1 is 1.21 bits per heavy atom. The van der Waals surface area contributed by atoms with Gasteiger partial charge < -0.3 is 15.7 Å². The second-order valence-corrected chi connectivity index (χ2v) is 8.42. The Morgan fingerprint density at radius 3 is 2.52 bits per heavy atom. The number of benzene rings is 1. The van der Waals surface area contributed by atoms with Crippen LogP contribution in [0.5, 0.6) is 0 Å². The van der Waals surface area contributed by atoms with E-state index in [2.05, 4.69) is 27.9 Å². The van der Waals surface area contributed by atoms with Crippen LogP contribution < -0.4 is 16.0 Å². The summed E-state index contributed by atoms with van der Waals surface area (Å²) < 4.78 is 0. The molecule has 12 heteroatoms. The Bertz CT molecular complexity index is 1040. The maximum Gasteiger partial charge on any atom is 0.348 e. The molecule has 1 aromatic carbocycles. The number of nitro groups is 1. The zero-order valence-electron chi connectivity index (χ0n) is 18.6. The molecule has 0 fully saturated rings. The van der Waals surface area contributed by atoms with Crippen LogP contribution in [-0.2, 0) is 9.59 Å². The van der Waals surface area contributed by atoms with Gasteiger partial charge in [0.2, 0.25) is 5.91 Å². The number of rotatable bonds is 12. The Kier molecular flexibility index (Phi) is 9.28. The number of carbonyl (C=O) groups excluding carboxylic acids is 2. The van der Waals surface area contributed by atoms with E-state index in [1.54, 1.807) is 0 Å². The molecule has 0 aliphatic heterocycles. The first-order valence-electron chi connectivity index (χ1n) is 10.5. The van der Waals surface area contributed by atoms with Gasteiger partial charge in [-0.1, -0.05) is 32.6 Å². The molecule has 0 aliphatic carbocycles. The lowest BCUT2D eigenvalue weighted by Crippen LogP contribution is -2.29. The fourth-order valence-electron chi connectivity index (χ4n) is 3.13. The van der Waals surface area contributed by atoms with E-state index in [0.29, 0.717) is 12.1 Å². The number of thiazole rings is 1. The predicted molar refractivity (Wildman–Crippen MR) is 126 cm³/mol. The summed E-state index contributed by atoms with van der Waals surface area (Å²) in [7, 11) is 0. The number of carboxylic acid groups (broad SMARTS) is 1. The van der Waals surface area contributed by atoms with Crippen LogP contribution in [0, 0.1) is 17.0 Å². The summed E-state index contributed by atoms with van der Waals surface area (Å²) >= 11 is 0.729. The minimum atomic E-state index is -0.991. The average molecular weight is 478 g/mol. The molecule has 11 nitrogen and oxygen atoms in total. The number of carboxylic acids is 1. The third kappa shape index (κ3) is 7.52. The monoisotopic (exact) mass is 477 g/mol. The second kappa shape index (κ2) is 11.9. The number of aromatic nitrogens is 1. The van der Waals surface area contributed by atoms with Crippen molar-refractivity contribution in [1.82, 2.24) is 4.98 Å². The van der Waals surface area contributed by atoms with E-state index < -0.39 is 28.7 Å². The van der Waals surface area contributed by atoms with Gasteiger partial charge in [0.05, 0.1) is 16.2 Å². The SMILES string of the molecule is CCCCCCC(Nc1ccc(C(=O)Nc2nc(C)c([N+](=O)[O-])s2)c(NC(C)=O)c1)C(=O)O. The van der Waals surface area contributed by atoms with Crippen molar-refractivity contribution in [3.05, 3.63) is 39.6 Å². The summed E-state index contributed by atoms with van der Waals surface area (Å²) in [6.45, 7) is 4.82. The maximum absolute atomic E-state index is 12.8. The normalized spacial score (nSPS) is 11.5. The summed E-state index contributed by atoms with van der Waals surface area (Å²) in [5.74, 6) is -2.03. The summed E-state index contributed by atoms with van der Waals surface area (Å²) in [4.78, 5) is 50.5. The molecule has 1 unspecified atom stereocenters. The molecule has 1 atom stereocenters. The molecule has 0 aliphatic rings. The van der Waals surface area contributed by atoms with Gasteiger partial charge in [-0.2, -0.15) is 0 Å². The van der Waals surface area contributed by atoms with Crippen molar-refractivity contribution in [2.75, 3.05) is 16.0 Å². The molecule has 0 bridgehead atoms. The van der Waals surface area contributed by atoms with Gasteiger partial charge in [0, 0.05) is 12.6 Å². The Labute approximate surface area is 194 Å². The molecular weight excluding hydrogens is 450 g/mol. The van der Waals surface area contributed by atoms with E-state index in [4.69, 9.17) is 0 Å². The first kappa shape index (κ1) is 25.7. The van der Waals surface area contributed by atoms with Gasteiger partial charge in [0.1, 0.15) is 11.7 Å². The zero-order valence-corrected chi connectivity index (χ0v) is 19.5. The fourth-order valence-corrected chi connectivity index (χ4v) is 3.91. The number of unbranched alkanes of at least 4 members (excludes halogenated alkanes) is 3. The summed E-state index contributed by atoms with van der Waals surface area (Å²) in [6, 6.07) is 3.64. The van der Waals surface area contributed by atoms with Crippen molar-refractivity contribution in [2.45, 2.75) is 58.9 Å².